The van der Waals surface area contributed by atoms with Gasteiger partial charge >= 0.3 is 0 Å². The Hall–Kier alpha value is -1.95. The first kappa shape index (κ1) is 18.8. The lowest BCUT2D eigenvalue weighted by Crippen LogP contribution is -2.39. The summed E-state index contributed by atoms with van der Waals surface area (Å²) >= 11 is 5.37. The van der Waals surface area contributed by atoms with Gasteiger partial charge in [-0.1, -0.05) is 61.9 Å². The van der Waals surface area contributed by atoms with Crippen LogP contribution in [0.15, 0.2) is 24.3 Å². The van der Waals surface area contributed by atoms with E-state index in [2.05, 4.69) is 10.2 Å². The van der Waals surface area contributed by atoms with Crippen LogP contribution in [-0.4, -0.2) is 38.7 Å². The van der Waals surface area contributed by atoms with Gasteiger partial charge in [0.1, 0.15) is 6.54 Å². The summed E-state index contributed by atoms with van der Waals surface area (Å²) in [4.78, 5) is 14.8. The molecule has 1 amide bonds. The predicted octanol–water partition coefficient (Wildman–Crippen LogP) is 4.49. The molecule has 0 unspecified atom stereocenters. The average Bonchev–Trinajstić information content (AvgIpc) is 2.95. The van der Waals surface area contributed by atoms with Crippen LogP contribution in [-0.2, 0) is 11.3 Å². The van der Waals surface area contributed by atoms with E-state index in [-0.39, 0.29) is 12.5 Å². The minimum absolute atomic E-state index is 0.0986. The fourth-order valence-electron chi connectivity index (χ4n) is 3.66. The summed E-state index contributed by atoms with van der Waals surface area (Å²) in [5.74, 6) is 0.816. The zero-order valence-electron chi connectivity index (χ0n) is 15.7. The number of benzene rings is 1. The number of aromatic amines is 1. The molecule has 2 aromatic rings. The van der Waals surface area contributed by atoms with Crippen LogP contribution in [0.4, 0.5) is 0 Å². The van der Waals surface area contributed by atoms with Crippen LogP contribution in [0.25, 0.3) is 11.4 Å². The third-order valence-electron chi connectivity index (χ3n) is 5.38. The van der Waals surface area contributed by atoms with E-state index in [4.69, 9.17) is 12.2 Å². The SMILES string of the molecule is Cc1ccc(-c2n[nH]c(=S)n2CC(=O)N(C)C2CCCCCCC2)cc1. The lowest BCUT2D eigenvalue weighted by molar-refractivity contribution is -0.133. The molecule has 3 rings (SSSR count). The van der Waals surface area contributed by atoms with Crippen LogP contribution in [0.5, 0.6) is 0 Å². The molecule has 5 nitrogen and oxygen atoms in total. The molecule has 1 saturated carbocycles. The Bertz CT molecular complexity index is 785. The van der Waals surface area contributed by atoms with E-state index < -0.39 is 0 Å². The van der Waals surface area contributed by atoms with Crippen LogP contribution in [0, 0.1) is 11.7 Å². The van der Waals surface area contributed by atoms with E-state index in [1.807, 2.05) is 47.7 Å². The van der Waals surface area contributed by atoms with E-state index >= 15 is 0 Å². The second kappa shape index (κ2) is 8.62. The number of nitrogens with one attached hydrogen (secondary N) is 1. The molecule has 0 aliphatic heterocycles. The molecule has 26 heavy (non-hydrogen) atoms. The topological polar surface area (TPSA) is 53.9 Å². The summed E-state index contributed by atoms with van der Waals surface area (Å²) in [5.41, 5.74) is 2.15. The number of hydrogen-bond acceptors (Lipinski definition) is 3. The van der Waals surface area contributed by atoms with Gasteiger partial charge in [0.25, 0.3) is 0 Å². The first-order chi connectivity index (χ1) is 12.6. The normalized spacial score (nSPS) is 16.1. The number of carbonyl (C=O) groups excluding carboxylic acids is 1. The highest BCUT2D eigenvalue weighted by Gasteiger charge is 2.22. The quantitative estimate of drug-likeness (QED) is 0.805. The Morgan fingerprint density at radius 1 is 1.19 bits per heavy atom. The van der Waals surface area contributed by atoms with Crippen molar-refractivity contribution >= 4 is 18.1 Å². The molecular weight excluding hydrogens is 344 g/mol. The van der Waals surface area contributed by atoms with Crippen molar-refractivity contribution in [1.29, 1.82) is 0 Å². The number of carbonyl (C=O) groups is 1. The molecule has 0 saturated heterocycles. The number of rotatable bonds is 4. The van der Waals surface area contributed by atoms with E-state index in [1.54, 1.807) is 0 Å². The third-order valence-corrected chi connectivity index (χ3v) is 5.69. The number of aryl methyl sites for hydroxylation is 1. The molecule has 1 fully saturated rings. The van der Waals surface area contributed by atoms with Gasteiger partial charge in [-0.05, 0) is 32.0 Å². The number of amides is 1. The molecule has 0 radical (unpaired) electrons. The van der Waals surface area contributed by atoms with Gasteiger partial charge in [0.05, 0.1) is 0 Å². The molecular formula is C20H28N4OS. The Balaban J connectivity index is 1.75. The maximum Gasteiger partial charge on any atom is 0.242 e. The summed E-state index contributed by atoms with van der Waals surface area (Å²) in [6.07, 6.45) is 8.51. The van der Waals surface area contributed by atoms with Gasteiger partial charge in [0.2, 0.25) is 5.91 Å². The molecule has 1 aromatic heterocycles. The maximum atomic E-state index is 12.9. The summed E-state index contributed by atoms with van der Waals surface area (Å²) < 4.78 is 2.29. The van der Waals surface area contributed by atoms with Gasteiger partial charge in [0, 0.05) is 18.7 Å². The Morgan fingerprint density at radius 2 is 1.81 bits per heavy atom. The smallest absolute Gasteiger partial charge is 0.242 e. The van der Waals surface area contributed by atoms with Crippen molar-refractivity contribution in [3.05, 3.63) is 34.6 Å². The second-order valence-corrected chi connectivity index (χ2v) is 7.69. The van der Waals surface area contributed by atoms with E-state index in [9.17, 15) is 4.79 Å². The predicted molar refractivity (Wildman–Crippen MR) is 106 cm³/mol. The van der Waals surface area contributed by atoms with Crippen molar-refractivity contribution in [3.63, 3.8) is 0 Å². The molecule has 1 aliphatic carbocycles. The average molecular weight is 373 g/mol. The van der Waals surface area contributed by atoms with Crippen molar-refractivity contribution in [3.8, 4) is 11.4 Å². The standard InChI is InChI=1S/C20H28N4OS/c1-15-10-12-16(13-11-15)19-21-22-20(26)24(19)14-18(25)23(2)17-8-6-4-3-5-7-9-17/h10-13,17H,3-9,14H2,1-2H3,(H,22,26). The molecule has 6 heteroatoms. The first-order valence-corrected chi connectivity index (χ1v) is 9.95. The van der Waals surface area contributed by atoms with Crippen molar-refractivity contribution in [1.82, 2.24) is 19.7 Å². The Morgan fingerprint density at radius 3 is 2.46 bits per heavy atom. The van der Waals surface area contributed by atoms with E-state index in [0.29, 0.717) is 10.8 Å². The van der Waals surface area contributed by atoms with Gasteiger partial charge in [-0.15, -0.1) is 0 Å². The summed E-state index contributed by atoms with van der Waals surface area (Å²) in [6.45, 7) is 2.28. The lowest BCUT2D eigenvalue weighted by atomic mass is 9.96. The molecule has 1 aromatic carbocycles. The molecule has 1 N–H and O–H groups in total. The third kappa shape index (κ3) is 4.41. The summed E-state index contributed by atoms with van der Waals surface area (Å²) in [7, 11) is 1.93. The van der Waals surface area contributed by atoms with E-state index in [0.717, 1.165) is 24.2 Å². The highest BCUT2D eigenvalue weighted by molar-refractivity contribution is 7.71. The number of H-pyrrole nitrogens is 1. The van der Waals surface area contributed by atoms with Gasteiger partial charge in [0.15, 0.2) is 10.6 Å². The minimum atomic E-state index is 0.0986. The summed E-state index contributed by atoms with van der Waals surface area (Å²) in [5, 5.41) is 7.18. The van der Waals surface area contributed by atoms with Crippen LogP contribution in [0.3, 0.4) is 0 Å². The van der Waals surface area contributed by atoms with Gasteiger partial charge in [-0.2, -0.15) is 5.10 Å². The Labute approximate surface area is 160 Å². The van der Waals surface area contributed by atoms with Crippen LogP contribution >= 0.6 is 12.2 Å². The first-order valence-electron chi connectivity index (χ1n) is 9.54. The van der Waals surface area contributed by atoms with Crippen molar-refractivity contribution in [2.24, 2.45) is 0 Å². The zero-order valence-corrected chi connectivity index (χ0v) is 16.5. The van der Waals surface area contributed by atoms with Crippen LogP contribution in [0.2, 0.25) is 0 Å². The zero-order chi connectivity index (χ0) is 18.5. The largest absolute Gasteiger partial charge is 0.341 e. The highest BCUT2D eigenvalue weighted by Crippen LogP contribution is 2.22. The number of likely N-dealkylation sites (N-methyl/N-ethyl adjacent to an activating group) is 1. The number of hydrogen-bond donors (Lipinski definition) is 1. The van der Waals surface area contributed by atoms with Gasteiger partial charge in [-0.25, -0.2) is 0 Å². The van der Waals surface area contributed by atoms with Gasteiger partial charge < -0.3 is 4.90 Å². The minimum Gasteiger partial charge on any atom is -0.341 e. The second-order valence-electron chi connectivity index (χ2n) is 7.31. The fraction of sp³-hybridized carbons (Fsp3) is 0.550. The molecule has 1 heterocycles. The number of nitrogens with zero attached hydrogens (tertiary/aromatic N) is 3. The molecule has 0 spiro atoms. The van der Waals surface area contributed by atoms with Crippen molar-refractivity contribution in [2.45, 2.75) is 64.5 Å². The lowest BCUT2D eigenvalue weighted by Gasteiger charge is -2.30. The number of aromatic nitrogens is 3. The maximum absolute atomic E-state index is 12.9. The molecule has 1 aliphatic rings. The highest BCUT2D eigenvalue weighted by atomic mass is 32.1. The molecule has 0 atom stereocenters. The van der Waals surface area contributed by atoms with Crippen molar-refractivity contribution < 1.29 is 4.79 Å². The van der Waals surface area contributed by atoms with Gasteiger partial charge in [-0.3, -0.25) is 14.5 Å². The Kier molecular flexibility index (Phi) is 6.25. The molecule has 0 bridgehead atoms. The molecule has 140 valence electrons. The van der Waals surface area contributed by atoms with Crippen LogP contribution in [0.1, 0.15) is 50.5 Å². The van der Waals surface area contributed by atoms with Crippen molar-refractivity contribution in [2.75, 3.05) is 7.05 Å². The summed E-state index contributed by atoms with van der Waals surface area (Å²) in [6, 6.07) is 8.45. The fourth-order valence-corrected chi connectivity index (χ4v) is 3.86. The van der Waals surface area contributed by atoms with E-state index in [1.165, 1.54) is 37.7 Å². The van der Waals surface area contributed by atoms with Crippen LogP contribution < -0.4 is 0 Å². The monoisotopic (exact) mass is 372 g/mol.